The van der Waals surface area contributed by atoms with Crippen LogP contribution in [0.4, 0.5) is 0 Å². The minimum Gasteiger partial charge on any atom is -0.383 e. The molecule has 1 saturated carbocycles. The highest BCUT2D eigenvalue weighted by Gasteiger charge is 2.42. The van der Waals surface area contributed by atoms with Gasteiger partial charge in [0.25, 0.3) is 0 Å². The highest BCUT2D eigenvalue weighted by molar-refractivity contribution is 5.85. The van der Waals surface area contributed by atoms with Crippen molar-refractivity contribution in [2.75, 3.05) is 67.6 Å². The first-order valence-electron chi connectivity index (χ1n) is 10.4. The fourth-order valence-electron chi connectivity index (χ4n) is 4.34. The molecule has 0 aromatic heterocycles. The Morgan fingerprint density at radius 1 is 1.22 bits per heavy atom. The Kier molecular flexibility index (Phi) is 8.83. The third-order valence-electron chi connectivity index (χ3n) is 6.12. The molecule has 1 amide bonds. The highest BCUT2D eigenvalue weighted by Crippen LogP contribution is 2.38. The van der Waals surface area contributed by atoms with Gasteiger partial charge in [-0.3, -0.25) is 9.79 Å². The average Bonchev–Trinajstić information content (AvgIpc) is 3.16. The maximum absolute atomic E-state index is 12.7. The Balaban J connectivity index is 1.75. The van der Waals surface area contributed by atoms with Crippen LogP contribution < -0.4 is 10.6 Å². The molecule has 1 saturated heterocycles. The molecule has 2 fully saturated rings. The van der Waals surface area contributed by atoms with Crippen LogP contribution in [0, 0.1) is 11.3 Å². The molecule has 2 aliphatic rings. The molecule has 0 bridgehead atoms. The second-order valence-electron chi connectivity index (χ2n) is 8.27. The van der Waals surface area contributed by atoms with Gasteiger partial charge in [-0.25, -0.2) is 0 Å². The van der Waals surface area contributed by atoms with Gasteiger partial charge in [0, 0.05) is 47.9 Å². The number of aliphatic imine (C=N–C) groups is 1. The lowest BCUT2D eigenvalue weighted by molar-refractivity contribution is -0.138. The molecule has 0 atom stereocenters. The normalized spacial score (nSPS) is 21.3. The number of carbonyl (C=O) groups is 1. The van der Waals surface area contributed by atoms with Crippen molar-refractivity contribution in [1.29, 1.82) is 0 Å². The van der Waals surface area contributed by atoms with Crippen molar-refractivity contribution in [3.05, 3.63) is 0 Å². The Bertz CT molecular complexity index is 481. The van der Waals surface area contributed by atoms with Gasteiger partial charge in [-0.15, -0.1) is 0 Å². The number of amides is 1. The number of methoxy groups -OCH3 is 1. The third-order valence-corrected chi connectivity index (χ3v) is 6.12. The zero-order valence-corrected chi connectivity index (χ0v) is 17.7. The second-order valence-corrected chi connectivity index (χ2v) is 8.27. The van der Waals surface area contributed by atoms with E-state index in [4.69, 9.17) is 4.74 Å². The summed E-state index contributed by atoms with van der Waals surface area (Å²) in [6.45, 7) is 5.73. The van der Waals surface area contributed by atoms with Crippen molar-refractivity contribution >= 4 is 11.9 Å². The van der Waals surface area contributed by atoms with Crippen LogP contribution in [0.2, 0.25) is 0 Å². The summed E-state index contributed by atoms with van der Waals surface area (Å²) >= 11 is 0. The van der Waals surface area contributed by atoms with Gasteiger partial charge in [-0.05, 0) is 44.7 Å². The molecular formula is C20H39N5O2. The largest absolute Gasteiger partial charge is 0.383 e. The zero-order chi connectivity index (χ0) is 19.7. The van der Waals surface area contributed by atoms with E-state index in [9.17, 15) is 4.79 Å². The summed E-state index contributed by atoms with van der Waals surface area (Å²) < 4.78 is 5.17. The first-order valence-corrected chi connectivity index (χ1v) is 10.4. The molecule has 2 N–H and O–H groups in total. The summed E-state index contributed by atoms with van der Waals surface area (Å²) in [5.41, 5.74) is -0.270. The molecule has 0 unspecified atom stereocenters. The first-order chi connectivity index (χ1) is 13.0. The van der Waals surface area contributed by atoms with Crippen molar-refractivity contribution in [2.24, 2.45) is 16.3 Å². The van der Waals surface area contributed by atoms with Crippen LogP contribution in [0.5, 0.6) is 0 Å². The number of nitrogens with one attached hydrogen (secondary N) is 2. The lowest BCUT2D eigenvalue weighted by atomic mass is 9.84. The van der Waals surface area contributed by atoms with Gasteiger partial charge in [0.05, 0.1) is 12.0 Å². The lowest BCUT2D eigenvalue weighted by Crippen LogP contribution is -2.50. The summed E-state index contributed by atoms with van der Waals surface area (Å²) in [6, 6.07) is 0. The number of likely N-dealkylation sites (tertiary alicyclic amines) is 1. The maximum Gasteiger partial charge on any atom is 0.230 e. The molecule has 7 nitrogen and oxygen atoms in total. The van der Waals surface area contributed by atoms with Crippen molar-refractivity contribution < 1.29 is 9.53 Å². The molecule has 7 heteroatoms. The van der Waals surface area contributed by atoms with E-state index < -0.39 is 0 Å². The van der Waals surface area contributed by atoms with Gasteiger partial charge in [0.1, 0.15) is 0 Å². The van der Waals surface area contributed by atoms with Crippen molar-refractivity contribution in [1.82, 2.24) is 20.4 Å². The minimum absolute atomic E-state index is 0.242. The Labute approximate surface area is 164 Å². The predicted octanol–water partition coefficient (Wildman–Crippen LogP) is 1.16. The quantitative estimate of drug-likeness (QED) is 0.488. The standard InChI is InChI=1S/C20H39N5O2/c1-21-19(22-15-17-7-11-25(12-8-17)13-14-27-4)23-16-20(9-5-6-10-20)18(26)24(2)3/h17H,5-16H2,1-4H3,(H2,21,22,23). The predicted molar refractivity (Wildman–Crippen MR) is 110 cm³/mol. The molecule has 0 spiro atoms. The Morgan fingerprint density at radius 2 is 1.89 bits per heavy atom. The van der Waals surface area contributed by atoms with E-state index in [1.807, 2.05) is 14.1 Å². The number of hydrogen-bond acceptors (Lipinski definition) is 4. The van der Waals surface area contributed by atoms with Gasteiger partial charge in [0.15, 0.2) is 5.96 Å². The van der Waals surface area contributed by atoms with Crippen molar-refractivity contribution in [3.8, 4) is 0 Å². The molecule has 0 aromatic rings. The summed E-state index contributed by atoms with van der Waals surface area (Å²) in [4.78, 5) is 21.3. The van der Waals surface area contributed by atoms with E-state index in [0.717, 1.165) is 64.4 Å². The van der Waals surface area contributed by atoms with E-state index in [1.165, 1.54) is 12.8 Å². The van der Waals surface area contributed by atoms with E-state index in [2.05, 4.69) is 20.5 Å². The average molecular weight is 382 g/mol. The first kappa shape index (κ1) is 22.0. The number of rotatable bonds is 8. The molecule has 27 heavy (non-hydrogen) atoms. The molecule has 0 radical (unpaired) electrons. The molecule has 1 aliphatic carbocycles. The lowest BCUT2D eigenvalue weighted by Gasteiger charge is -2.33. The number of piperidine rings is 1. The number of carbonyl (C=O) groups excluding carboxylic acids is 1. The van der Waals surface area contributed by atoms with Crippen LogP contribution in [0.3, 0.4) is 0 Å². The molecule has 0 aromatic carbocycles. The summed E-state index contributed by atoms with van der Waals surface area (Å²) in [7, 11) is 7.28. The minimum atomic E-state index is -0.270. The summed E-state index contributed by atoms with van der Waals surface area (Å²) in [5.74, 6) is 1.73. The van der Waals surface area contributed by atoms with E-state index in [1.54, 1.807) is 19.1 Å². The van der Waals surface area contributed by atoms with E-state index in [0.29, 0.717) is 12.5 Å². The fraction of sp³-hybridized carbons (Fsp3) is 0.900. The Morgan fingerprint density at radius 3 is 2.44 bits per heavy atom. The summed E-state index contributed by atoms with van der Waals surface area (Å²) in [5, 5.41) is 6.91. The zero-order valence-electron chi connectivity index (χ0n) is 17.7. The smallest absolute Gasteiger partial charge is 0.230 e. The van der Waals surface area contributed by atoms with Crippen molar-refractivity contribution in [2.45, 2.75) is 38.5 Å². The van der Waals surface area contributed by atoms with E-state index >= 15 is 0 Å². The molecule has 1 heterocycles. The second kappa shape index (κ2) is 10.9. The molecule has 156 valence electrons. The SMILES string of the molecule is CN=C(NCC1CCN(CCOC)CC1)NCC1(C(=O)N(C)C)CCCC1. The van der Waals surface area contributed by atoms with Crippen molar-refractivity contribution in [3.63, 3.8) is 0 Å². The fourth-order valence-corrected chi connectivity index (χ4v) is 4.34. The Hall–Kier alpha value is -1.34. The van der Waals surface area contributed by atoms with Crippen LogP contribution >= 0.6 is 0 Å². The molecular weight excluding hydrogens is 342 g/mol. The molecule has 2 rings (SSSR count). The van der Waals surface area contributed by atoms with Crippen LogP contribution in [0.25, 0.3) is 0 Å². The van der Waals surface area contributed by atoms with Gasteiger partial charge < -0.3 is 25.2 Å². The number of guanidine groups is 1. The topological polar surface area (TPSA) is 69.2 Å². The monoisotopic (exact) mass is 381 g/mol. The van der Waals surface area contributed by atoms with Gasteiger partial charge >= 0.3 is 0 Å². The van der Waals surface area contributed by atoms with E-state index in [-0.39, 0.29) is 11.3 Å². The van der Waals surface area contributed by atoms with Crippen LogP contribution in [-0.2, 0) is 9.53 Å². The van der Waals surface area contributed by atoms with Crippen LogP contribution in [-0.4, -0.2) is 89.3 Å². The maximum atomic E-state index is 12.7. The number of hydrogen-bond donors (Lipinski definition) is 2. The summed E-state index contributed by atoms with van der Waals surface area (Å²) in [6.07, 6.45) is 6.61. The number of nitrogens with zero attached hydrogens (tertiary/aromatic N) is 3. The molecule has 1 aliphatic heterocycles. The van der Waals surface area contributed by atoms with Gasteiger partial charge in [-0.2, -0.15) is 0 Å². The van der Waals surface area contributed by atoms with Gasteiger partial charge in [0.2, 0.25) is 5.91 Å². The van der Waals surface area contributed by atoms with Crippen LogP contribution in [0.15, 0.2) is 4.99 Å². The van der Waals surface area contributed by atoms with Gasteiger partial charge in [-0.1, -0.05) is 12.8 Å². The number of ether oxygens (including phenoxy) is 1. The van der Waals surface area contributed by atoms with Crippen LogP contribution in [0.1, 0.15) is 38.5 Å². The third kappa shape index (κ3) is 6.35. The highest BCUT2D eigenvalue weighted by atomic mass is 16.5.